The second-order valence-corrected chi connectivity index (χ2v) is 10.00. The van der Waals surface area contributed by atoms with Crippen molar-refractivity contribution in [1.29, 1.82) is 0 Å². The number of carbonyl (C=O) groups is 1. The van der Waals surface area contributed by atoms with Gasteiger partial charge >= 0.3 is 0 Å². The van der Waals surface area contributed by atoms with Gasteiger partial charge in [0.25, 0.3) is 0 Å². The van der Waals surface area contributed by atoms with E-state index in [1.807, 2.05) is 6.07 Å². The van der Waals surface area contributed by atoms with Gasteiger partial charge in [-0.3, -0.25) is 4.79 Å². The second kappa shape index (κ2) is 5.53. The summed E-state index contributed by atoms with van der Waals surface area (Å²) in [6.07, 6.45) is 1.86. The zero-order valence-corrected chi connectivity index (χ0v) is 17.9. The van der Waals surface area contributed by atoms with Gasteiger partial charge in [-0.05, 0) is 24.5 Å². The van der Waals surface area contributed by atoms with Crippen LogP contribution >= 0.6 is 0 Å². The lowest BCUT2D eigenvalue weighted by Crippen LogP contribution is -3.00. The number of carbonyl (C=O) groups excluding carboxylic acids is 1. The predicted octanol–water partition coefficient (Wildman–Crippen LogP) is -3.04. The number of ether oxygens (including phenoxy) is 1. The number of hydrogen-bond donors (Lipinski definition) is 4. The minimum absolute atomic E-state index is 0. The highest BCUT2D eigenvalue weighted by molar-refractivity contribution is 5.95. The normalized spacial score (nSPS) is 43.2. The van der Waals surface area contributed by atoms with Gasteiger partial charge in [0.2, 0.25) is 11.6 Å². The molecule has 1 aromatic carbocycles. The maximum absolute atomic E-state index is 13.0. The highest BCUT2D eigenvalue weighted by Gasteiger charge is 2.80. The molecule has 1 saturated heterocycles. The topological polar surface area (TPSA) is 107 Å². The van der Waals surface area contributed by atoms with Crippen molar-refractivity contribution in [2.75, 3.05) is 20.1 Å². The van der Waals surface area contributed by atoms with Gasteiger partial charge in [0, 0.05) is 30.7 Å². The summed E-state index contributed by atoms with van der Waals surface area (Å²) in [7, 11) is 2.15. The summed E-state index contributed by atoms with van der Waals surface area (Å²) >= 11 is 0. The molecule has 1 aromatic rings. The van der Waals surface area contributed by atoms with E-state index in [9.17, 15) is 25.2 Å². The summed E-state index contributed by atoms with van der Waals surface area (Å²) in [5, 5.41) is 43.6. The maximum Gasteiger partial charge on any atom is 0.232 e. The number of Topliss-reactive ketones (excluding diaryl/α,β-unsaturated/α-hetero) is 1. The zero-order valence-electron chi connectivity index (χ0n) is 16.3. The number of ketones is 1. The quantitative estimate of drug-likeness (QED) is 0.272. The fraction of sp³-hybridized carbons (Fsp3) is 0.667. The molecule has 158 valence electrons. The molecule has 0 radical (unpaired) electrons. The first kappa shape index (κ1) is 19.8. The van der Waals surface area contributed by atoms with Crippen molar-refractivity contribution in [3.05, 3.63) is 23.3 Å². The molecular formula is C21H26BrNO6. The van der Waals surface area contributed by atoms with Gasteiger partial charge < -0.3 is 46.6 Å². The number of halogens is 1. The highest BCUT2D eigenvalue weighted by atomic mass is 79.9. The van der Waals surface area contributed by atoms with Crippen LogP contribution in [0.5, 0.6) is 11.5 Å². The van der Waals surface area contributed by atoms with E-state index in [0.717, 1.165) is 18.7 Å². The summed E-state index contributed by atoms with van der Waals surface area (Å²) in [4.78, 5) is 13.0. The van der Waals surface area contributed by atoms with Crippen LogP contribution in [0.1, 0.15) is 36.8 Å². The number of nitrogens with zero attached hydrogens (tertiary/aromatic N) is 1. The second-order valence-electron chi connectivity index (χ2n) is 10.00. The standard InChI is InChI=1S/C21H25NO6.BrH/c1-22(9-11-2-3-11)7-6-19-15-12-4-5-13(23)16(15)28-18(19)17(24)21(26,27)10-20(19,25)14(22)8-12;/h4-5,11,14,18,25-27H,2-3,6-10H2,1H3;1H/t14-,18+,19+,20-,22?;/m1./s1. The molecule has 1 unspecified atom stereocenters. The van der Waals surface area contributed by atoms with Crippen molar-refractivity contribution in [3.63, 3.8) is 0 Å². The lowest BCUT2D eigenvalue weighted by Gasteiger charge is -2.65. The molecule has 8 heteroatoms. The van der Waals surface area contributed by atoms with Crippen molar-refractivity contribution in [2.45, 2.75) is 61.1 Å². The summed E-state index contributed by atoms with van der Waals surface area (Å²) < 4.78 is 6.56. The van der Waals surface area contributed by atoms with Crippen molar-refractivity contribution in [3.8, 4) is 11.5 Å². The molecule has 2 heterocycles. The van der Waals surface area contributed by atoms with Crippen molar-refractivity contribution < 1.29 is 51.4 Å². The van der Waals surface area contributed by atoms with Gasteiger partial charge in [0.15, 0.2) is 17.6 Å². The van der Waals surface area contributed by atoms with Gasteiger partial charge in [0.1, 0.15) is 11.6 Å². The van der Waals surface area contributed by atoms with Gasteiger partial charge in [-0.1, -0.05) is 6.07 Å². The molecule has 5 aliphatic rings. The number of aromatic hydroxyl groups is 1. The Morgan fingerprint density at radius 1 is 1.24 bits per heavy atom. The summed E-state index contributed by atoms with van der Waals surface area (Å²) in [5.74, 6) is -2.66. The third-order valence-corrected chi connectivity index (χ3v) is 8.38. The van der Waals surface area contributed by atoms with Crippen LogP contribution < -0.4 is 21.7 Å². The average Bonchev–Trinajstić information content (AvgIpc) is 3.33. The molecule has 7 nitrogen and oxygen atoms in total. The summed E-state index contributed by atoms with van der Waals surface area (Å²) in [5.41, 5.74) is -0.839. The third-order valence-electron chi connectivity index (χ3n) is 8.38. The molecule has 2 saturated carbocycles. The average molecular weight is 468 g/mol. The zero-order chi connectivity index (χ0) is 19.7. The minimum Gasteiger partial charge on any atom is -1.00 e. The van der Waals surface area contributed by atoms with Gasteiger partial charge in [-0.25, -0.2) is 0 Å². The van der Waals surface area contributed by atoms with Crippen LogP contribution in [0, 0.1) is 5.92 Å². The molecule has 6 rings (SSSR count). The van der Waals surface area contributed by atoms with Crippen molar-refractivity contribution in [2.24, 2.45) is 5.92 Å². The number of benzene rings is 1. The molecular weight excluding hydrogens is 442 g/mol. The van der Waals surface area contributed by atoms with E-state index in [0.29, 0.717) is 28.8 Å². The minimum atomic E-state index is -2.64. The largest absolute Gasteiger partial charge is 1.00 e. The van der Waals surface area contributed by atoms with Crippen molar-refractivity contribution in [1.82, 2.24) is 0 Å². The molecule has 29 heavy (non-hydrogen) atoms. The van der Waals surface area contributed by atoms with E-state index in [1.165, 1.54) is 12.8 Å². The molecule has 3 aliphatic carbocycles. The fourth-order valence-electron chi connectivity index (χ4n) is 6.99. The van der Waals surface area contributed by atoms with E-state index >= 15 is 0 Å². The Morgan fingerprint density at radius 3 is 2.66 bits per heavy atom. The number of hydrogen-bond acceptors (Lipinski definition) is 6. The summed E-state index contributed by atoms with van der Waals surface area (Å²) in [6, 6.07) is 3.18. The number of aliphatic hydroxyl groups is 3. The molecule has 0 aromatic heterocycles. The van der Waals surface area contributed by atoms with Crippen LogP contribution in [-0.2, 0) is 16.6 Å². The van der Waals surface area contributed by atoms with Crippen LogP contribution in [0.25, 0.3) is 0 Å². The fourth-order valence-corrected chi connectivity index (χ4v) is 6.99. The monoisotopic (exact) mass is 467 g/mol. The van der Waals surface area contributed by atoms with E-state index in [1.54, 1.807) is 6.07 Å². The molecule has 1 spiro atoms. The van der Waals surface area contributed by atoms with E-state index < -0.39 is 35.1 Å². The Kier molecular flexibility index (Phi) is 3.77. The third kappa shape index (κ3) is 2.14. The Hall–Kier alpha value is -1.19. The Balaban J connectivity index is 0.00000181. The lowest BCUT2D eigenvalue weighted by atomic mass is 9.47. The van der Waals surface area contributed by atoms with E-state index in [-0.39, 0.29) is 34.5 Å². The van der Waals surface area contributed by atoms with E-state index in [2.05, 4.69) is 7.05 Å². The number of phenolic OH excluding ortho intramolecular Hbond substituents is 1. The number of piperidine rings is 1. The van der Waals surface area contributed by atoms with Crippen LogP contribution in [0.3, 0.4) is 0 Å². The van der Waals surface area contributed by atoms with Gasteiger partial charge in [-0.15, -0.1) is 0 Å². The van der Waals surface area contributed by atoms with Crippen LogP contribution in [0.4, 0.5) is 0 Å². The molecule has 3 fully saturated rings. The number of likely N-dealkylation sites (N-methyl/N-ethyl adjacent to an activating group) is 1. The van der Waals surface area contributed by atoms with Crippen LogP contribution in [0.15, 0.2) is 12.1 Å². The SMILES string of the molecule is C[N+]1(CC2CC2)CC[C@]23c4c5ccc(O)c4O[C@H]2C(=O)C(O)(O)C[C@@]3(O)[C@H]1C5.[Br-]. The molecule has 4 N–H and O–H groups in total. The molecule has 5 atom stereocenters. The lowest BCUT2D eigenvalue weighted by molar-refractivity contribution is -0.950. The first-order chi connectivity index (χ1) is 13.1. The molecule has 2 aliphatic heterocycles. The maximum atomic E-state index is 13.0. The molecule has 0 amide bonds. The first-order valence-corrected chi connectivity index (χ1v) is 10.2. The van der Waals surface area contributed by atoms with E-state index in [4.69, 9.17) is 4.74 Å². The Labute approximate surface area is 179 Å². The Morgan fingerprint density at radius 2 is 1.97 bits per heavy atom. The number of quaternary nitrogens is 1. The van der Waals surface area contributed by atoms with Gasteiger partial charge in [0.05, 0.1) is 25.6 Å². The first-order valence-electron chi connectivity index (χ1n) is 10.2. The summed E-state index contributed by atoms with van der Waals surface area (Å²) in [6.45, 7) is 1.74. The Bertz CT molecular complexity index is 932. The smallest absolute Gasteiger partial charge is 0.232 e. The van der Waals surface area contributed by atoms with Crippen molar-refractivity contribution >= 4 is 5.78 Å². The number of rotatable bonds is 2. The number of likely N-dealkylation sites (tertiary alicyclic amines) is 1. The highest BCUT2D eigenvalue weighted by Crippen LogP contribution is 2.66. The van der Waals surface area contributed by atoms with Crippen LogP contribution in [0.2, 0.25) is 0 Å². The molecule has 2 bridgehead atoms. The predicted molar refractivity (Wildman–Crippen MR) is 96.7 cm³/mol. The van der Waals surface area contributed by atoms with Gasteiger partial charge in [-0.2, -0.15) is 0 Å². The number of phenols is 1. The van der Waals surface area contributed by atoms with Crippen LogP contribution in [-0.4, -0.2) is 74.4 Å².